The van der Waals surface area contributed by atoms with E-state index in [0.717, 1.165) is 0 Å². The Labute approximate surface area is 118 Å². The molecule has 2 atom stereocenters. The van der Waals surface area contributed by atoms with E-state index in [0.29, 0.717) is 6.54 Å². The number of amides is 1. The fourth-order valence-corrected chi connectivity index (χ4v) is 2.73. The Bertz CT molecular complexity index is 535. The molecule has 4 nitrogen and oxygen atoms in total. The van der Waals surface area contributed by atoms with Gasteiger partial charge in [0.05, 0.1) is 16.0 Å². The first-order valence-electron chi connectivity index (χ1n) is 5.88. The van der Waals surface area contributed by atoms with Crippen molar-refractivity contribution in [2.75, 3.05) is 13.1 Å². The molecule has 1 aliphatic heterocycles. The molecule has 19 heavy (non-hydrogen) atoms. The minimum Gasteiger partial charge on any atom is -0.481 e. The van der Waals surface area contributed by atoms with Gasteiger partial charge in [-0.1, -0.05) is 13.0 Å². The average Bonchev–Trinajstić information content (AvgIpc) is 2.74. The van der Waals surface area contributed by atoms with Crippen LogP contribution in [0.4, 0.5) is 4.39 Å². The van der Waals surface area contributed by atoms with Gasteiger partial charge in [-0.3, -0.25) is 9.59 Å². The molecule has 1 aromatic carbocycles. The van der Waals surface area contributed by atoms with E-state index in [1.807, 2.05) is 0 Å². The number of hydrogen-bond donors (Lipinski definition) is 1. The van der Waals surface area contributed by atoms with Crippen molar-refractivity contribution in [3.05, 3.63) is 34.1 Å². The number of carboxylic acid groups (broad SMARTS) is 1. The summed E-state index contributed by atoms with van der Waals surface area (Å²) in [5.74, 6) is -2.42. The summed E-state index contributed by atoms with van der Waals surface area (Å²) >= 11 is 3.05. The standard InChI is InChI=1S/C13H13BrFNO3/c1-7-5-16(6-9(7)13(18)19)12(17)8-3-2-4-10(15)11(8)14/h2-4,7,9H,5-6H2,1H3,(H,18,19)/t7-,9-/m1/s1. The highest BCUT2D eigenvalue weighted by atomic mass is 79.9. The number of hydrogen-bond acceptors (Lipinski definition) is 2. The molecule has 0 radical (unpaired) electrons. The molecule has 102 valence electrons. The quantitative estimate of drug-likeness (QED) is 0.906. The van der Waals surface area contributed by atoms with E-state index in [9.17, 15) is 14.0 Å². The largest absolute Gasteiger partial charge is 0.481 e. The second-order valence-corrected chi connectivity index (χ2v) is 5.53. The summed E-state index contributed by atoms with van der Waals surface area (Å²) in [5.41, 5.74) is 0.221. The van der Waals surface area contributed by atoms with Crippen molar-refractivity contribution in [1.82, 2.24) is 4.90 Å². The summed E-state index contributed by atoms with van der Waals surface area (Å²) in [6, 6.07) is 4.24. The molecule has 1 N–H and O–H groups in total. The maximum atomic E-state index is 13.4. The second-order valence-electron chi connectivity index (χ2n) is 4.73. The molecule has 0 bridgehead atoms. The van der Waals surface area contributed by atoms with Crippen molar-refractivity contribution in [3.63, 3.8) is 0 Å². The highest BCUT2D eigenvalue weighted by Gasteiger charge is 2.37. The molecule has 1 aliphatic rings. The molecule has 0 aromatic heterocycles. The van der Waals surface area contributed by atoms with Gasteiger partial charge in [0.25, 0.3) is 5.91 Å². The number of likely N-dealkylation sites (tertiary alicyclic amines) is 1. The molecular formula is C13H13BrFNO3. The van der Waals surface area contributed by atoms with Crippen molar-refractivity contribution in [2.45, 2.75) is 6.92 Å². The Balaban J connectivity index is 2.22. The van der Waals surface area contributed by atoms with Crippen LogP contribution < -0.4 is 0 Å². The Morgan fingerprint density at radius 3 is 2.68 bits per heavy atom. The van der Waals surface area contributed by atoms with Crippen LogP contribution in [-0.2, 0) is 4.79 Å². The maximum absolute atomic E-state index is 13.4. The van der Waals surface area contributed by atoms with Gasteiger partial charge in [0, 0.05) is 13.1 Å². The van der Waals surface area contributed by atoms with Crippen molar-refractivity contribution in [3.8, 4) is 0 Å². The molecule has 1 saturated heterocycles. The fraction of sp³-hybridized carbons (Fsp3) is 0.385. The summed E-state index contributed by atoms with van der Waals surface area (Å²) in [4.78, 5) is 24.8. The van der Waals surface area contributed by atoms with Crippen LogP contribution in [0.1, 0.15) is 17.3 Å². The Morgan fingerprint density at radius 2 is 2.11 bits per heavy atom. The lowest BCUT2D eigenvalue weighted by molar-refractivity contribution is -0.142. The lowest BCUT2D eigenvalue weighted by Gasteiger charge is -2.17. The van der Waals surface area contributed by atoms with E-state index in [-0.39, 0.29) is 28.4 Å². The van der Waals surface area contributed by atoms with Gasteiger partial charge in [0.2, 0.25) is 0 Å². The van der Waals surface area contributed by atoms with E-state index in [4.69, 9.17) is 5.11 Å². The first-order valence-corrected chi connectivity index (χ1v) is 6.67. The van der Waals surface area contributed by atoms with Crippen molar-refractivity contribution >= 4 is 27.8 Å². The highest BCUT2D eigenvalue weighted by Crippen LogP contribution is 2.27. The number of carbonyl (C=O) groups excluding carboxylic acids is 1. The Kier molecular flexibility index (Phi) is 3.89. The number of benzene rings is 1. The van der Waals surface area contributed by atoms with Crippen LogP contribution in [0.3, 0.4) is 0 Å². The van der Waals surface area contributed by atoms with Gasteiger partial charge in [-0.25, -0.2) is 4.39 Å². The SMILES string of the molecule is C[C@@H]1CN(C(=O)c2cccc(F)c2Br)C[C@H]1C(=O)O. The lowest BCUT2D eigenvalue weighted by Crippen LogP contribution is -2.30. The van der Waals surface area contributed by atoms with Crippen LogP contribution in [0.15, 0.2) is 22.7 Å². The van der Waals surface area contributed by atoms with Crippen LogP contribution in [-0.4, -0.2) is 35.0 Å². The molecule has 0 unspecified atom stereocenters. The normalized spacial score (nSPS) is 22.6. The molecule has 6 heteroatoms. The number of aliphatic carboxylic acids is 1. The van der Waals surface area contributed by atoms with Crippen LogP contribution in [0.5, 0.6) is 0 Å². The van der Waals surface area contributed by atoms with Crippen molar-refractivity contribution in [2.24, 2.45) is 11.8 Å². The van der Waals surface area contributed by atoms with E-state index in [1.54, 1.807) is 6.92 Å². The van der Waals surface area contributed by atoms with Crippen LogP contribution in [0, 0.1) is 17.7 Å². The van der Waals surface area contributed by atoms with Gasteiger partial charge in [-0.05, 0) is 34.0 Å². The topological polar surface area (TPSA) is 57.6 Å². The van der Waals surface area contributed by atoms with E-state index in [1.165, 1.54) is 23.1 Å². The molecule has 1 amide bonds. The molecular weight excluding hydrogens is 317 g/mol. The third-order valence-electron chi connectivity index (χ3n) is 3.40. The highest BCUT2D eigenvalue weighted by molar-refractivity contribution is 9.10. The number of halogens is 2. The maximum Gasteiger partial charge on any atom is 0.308 e. The molecule has 1 fully saturated rings. The Hall–Kier alpha value is -1.43. The van der Waals surface area contributed by atoms with Crippen LogP contribution >= 0.6 is 15.9 Å². The number of carbonyl (C=O) groups is 2. The van der Waals surface area contributed by atoms with Gasteiger partial charge < -0.3 is 10.0 Å². The summed E-state index contributed by atoms with van der Waals surface area (Å²) in [6.45, 7) is 2.34. The molecule has 0 saturated carbocycles. The zero-order valence-corrected chi connectivity index (χ0v) is 11.9. The molecule has 1 heterocycles. The van der Waals surface area contributed by atoms with E-state index >= 15 is 0 Å². The minimum absolute atomic E-state index is 0.103. The van der Waals surface area contributed by atoms with Gasteiger partial charge in [-0.15, -0.1) is 0 Å². The zero-order chi connectivity index (χ0) is 14.2. The van der Waals surface area contributed by atoms with Gasteiger partial charge in [0.15, 0.2) is 0 Å². The van der Waals surface area contributed by atoms with Crippen LogP contribution in [0.25, 0.3) is 0 Å². The third-order valence-corrected chi connectivity index (χ3v) is 4.20. The molecule has 2 rings (SSSR count). The number of nitrogens with zero attached hydrogens (tertiary/aromatic N) is 1. The monoisotopic (exact) mass is 329 g/mol. The summed E-state index contributed by atoms with van der Waals surface area (Å²) in [5, 5.41) is 9.05. The lowest BCUT2D eigenvalue weighted by atomic mass is 9.99. The second kappa shape index (κ2) is 5.28. The first-order chi connectivity index (χ1) is 8.91. The van der Waals surface area contributed by atoms with Crippen molar-refractivity contribution in [1.29, 1.82) is 0 Å². The zero-order valence-electron chi connectivity index (χ0n) is 10.3. The Morgan fingerprint density at radius 1 is 1.42 bits per heavy atom. The van der Waals surface area contributed by atoms with Gasteiger partial charge in [0.1, 0.15) is 5.82 Å². The molecule has 0 spiro atoms. The predicted molar refractivity (Wildman–Crippen MR) is 70.3 cm³/mol. The van der Waals surface area contributed by atoms with Gasteiger partial charge in [-0.2, -0.15) is 0 Å². The number of rotatable bonds is 2. The minimum atomic E-state index is -0.902. The summed E-state index contributed by atoms with van der Waals surface area (Å²) < 4.78 is 13.5. The predicted octanol–water partition coefficient (Wildman–Crippen LogP) is 2.38. The molecule has 1 aromatic rings. The summed E-state index contributed by atoms with van der Waals surface area (Å²) in [6.07, 6.45) is 0. The van der Waals surface area contributed by atoms with Crippen molar-refractivity contribution < 1.29 is 19.1 Å². The molecule has 0 aliphatic carbocycles. The van der Waals surface area contributed by atoms with E-state index in [2.05, 4.69) is 15.9 Å². The smallest absolute Gasteiger partial charge is 0.308 e. The van der Waals surface area contributed by atoms with Gasteiger partial charge >= 0.3 is 5.97 Å². The van der Waals surface area contributed by atoms with Crippen LogP contribution in [0.2, 0.25) is 0 Å². The van der Waals surface area contributed by atoms with E-state index < -0.39 is 17.7 Å². The average molecular weight is 330 g/mol. The third kappa shape index (κ3) is 2.63. The fourth-order valence-electron chi connectivity index (χ4n) is 2.29. The number of carboxylic acids is 1. The first kappa shape index (κ1) is 14.0. The summed E-state index contributed by atoms with van der Waals surface area (Å²) in [7, 11) is 0.